The van der Waals surface area contributed by atoms with Gasteiger partial charge in [-0.25, -0.2) is 9.78 Å². The molecule has 8 heteroatoms. The number of imidazole rings is 1. The minimum absolute atomic E-state index is 0.256. The van der Waals surface area contributed by atoms with Gasteiger partial charge in [-0.1, -0.05) is 18.2 Å². The Balaban J connectivity index is 1.73. The standard InChI is InChI=1S/C22H29N5O3/c1-22(2,3)30-21(29)26-18(20(28)24-10-9-16-12-23-14-25-16)11-15-13-27(4)19-8-6-5-7-17(15)19/h5-8,12-14,18H,9-11H2,1-4H3,(H,23,25)(H,24,28)(H,26,29). The summed E-state index contributed by atoms with van der Waals surface area (Å²) in [6.07, 6.45) is 5.68. The van der Waals surface area contributed by atoms with Crippen molar-refractivity contribution in [2.24, 2.45) is 7.05 Å². The highest BCUT2D eigenvalue weighted by Gasteiger charge is 2.25. The van der Waals surface area contributed by atoms with E-state index in [9.17, 15) is 9.59 Å². The van der Waals surface area contributed by atoms with Gasteiger partial charge in [0.2, 0.25) is 5.91 Å². The molecule has 3 N–H and O–H groups in total. The van der Waals surface area contributed by atoms with E-state index in [1.807, 2.05) is 42.1 Å². The van der Waals surface area contributed by atoms with Crippen LogP contribution in [0.15, 0.2) is 43.0 Å². The van der Waals surface area contributed by atoms with Gasteiger partial charge in [0.25, 0.3) is 0 Å². The van der Waals surface area contributed by atoms with Gasteiger partial charge in [0.15, 0.2) is 0 Å². The smallest absolute Gasteiger partial charge is 0.408 e. The highest BCUT2D eigenvalue weighted by Crippen LogP contribution is 2.21. The second kappa shape index (κ2) is 9.02. The fourth-order valence-electron chi connectivity index (χ4n) is 3.33. The van der Waals surface area contributed by atoms with Crippen LogP contribution in [0, 0.1) is 0 Å². The zero-order valence-electron chi connectivity index (χ0n) is 17.9. The van der Waals surface area contributed by atoms with Gasteiger partial charge in [-0.3, -0.25) is 4.79 Å². The molecule has 0 radical (unpaired) electrons. The minimum Gasteiger partial charge on any atom is -0.444 e. The molecule has 3 aromatic rings. The molecule has 2 aromatic heterocycles. The zero-order valence-corrected chi connectivity index (χ0v) is 17.9. The molecule has 2 amide bonds. The number of nitrogens with one attached hydrogen (secondary N) is 3. The third kappa shape index (κ3) is 5.62. The Bertz CT molecular complexity index is 1000. The molecule has 0 aliphatic carbocycles. The first-order chi connectivity index (χ1) is 14.2. The molecule has 1 aromatic carbocycles. The van der Waals surface area contributed by atoms with Gasteiger partial charge in [-0.05, 0) is 32.4 Å². The van der Waals surface area contributed by atoms with E-state index in [-0.39, 0.29) is 5.91 Å². The SMILES string of the molecule is Cn1cc(CC(NC(=O)OC(C)(C)C)C(=O)NCCc2cnc[nH]2)c2ccccc21. The van der Waals surface area contributed by atoms with E-state index < -0.39 is 17.7 Å². The number of carbonyl (C=O) groups is 2. The number of carbonyl (C=O) groups excluding carboxylic acids is 2. The summed E-state index contributed by atoms with van der Waals surface area (Å²) < 4.78 is 7.38. The Labute approximate surface area is 176 Å². The number of hydrogen-bond donors (Lipinski definition) is 3. The Kier molecular flexibility index (Phi) is 6.44. The maximum atomic E-state index is 12.9. The molecule has 3 rings (SSSR count). The molecular formula is C22H29N5O3. The summed E-state index contributed by atoms with van der Waals surface area (Å²) in [4.78, 5) is 32.2. The van der Waals surface area contributed by atoms with Crippen molar-refractivity contribution >= 4 is 22.9 Å². The first-order valence-electron chi connectivity index (χ1n) is 10.0. The number of hydrogen-bond acceptors (Lipinski definition) is 4. The average Bonchev–Trinajstić information content (AvgIpc) is 3.28. The summed E-state index contributed by atoms with van der Waals surface area (Å²) in [5, 5.41) is 6.69. The van der Waals surface area contributed by atoms with Crippen molar-refractivity contribution in [2.45, 2.75) is 45.3 Å². The van der Waals surface area contributed by atoms with Crippen molar-refractivity contribution in [2.75, 3.05) is 6.54 Å². The molecule has 0 saturated carbocycles. The number of nitrogens with zero attached hydrogens (tertiary/aromatic N) is 2. The Morgan fingerprint density at radius 2 is 2.03 bits per heavy atom. The quantitative estimate of drug-likeness (QED) is 0.556. The largest absolute Gasteiger partial charge is 0.444 e. The number of amides is 2. The van der Waals surface area contributed by atoms with Crippen LogP contribution in [0.5, 0.6) is 0 Å². The topological polar surface area (TPSA) is 101 Å². The van der Waals surface area contributed by atoms with E-state index in [0.717, 1.165) is 22.2 Å². The molecule has 0 bridgehead atoms. The lowest BCUT2D eigenvalue weighted by molar-refractivity contribution is -0.123. The number of H-pyrrole nitrogens is 1. The fraction of sp³-hybridized carbons (Fsp3) is 0.409. The van der Waals surface area contributed by atoms with E-state index in [4.69, 9.17) is 4.74 Å². The van der Waals surface area contributed by atoms with E-state index in [2.05, 4.69) is 20.6 Å². The lowest BCUT2D eigenvalue weighted by Crippen LogP contribution is -2.49. The second-order valence-corrected chi connectivity index (χ2v) is 8.30. The number of rotatable bonds is 7. The third-order valence-corrected chi connectivity index (χ3v) is 4.66. The van der Waals surface area contributed by atoms with Gasteiger partial charge in [0, 0.05) is 55.4 Å². The van der Waals surface area contributed by atoms with Gasteiger partial charge in [0.1, 0.15) is 11.6 Å². The molecule has 0 aliphatic heterocycles. The lowest BCUT2D eigenvalue weighted by atomic mass is 10.0. The van der Waals surface area contributed by atoms with Gasteiger partial charge in [-0.15, -0.1) is 0 Å². The molecular weight excluding hydrogens is 382 g/mol. The molecule has 0 spiro atoms. The summed E-state index contributed by atoms with van der Waals surface area (Å²) in [6, 6.07) is 7.23. The number of aryl methyl sites for hydroxylation is 1. The van der Waals surface area contributed by atoms with Crippen LogP contribution in [0.1, 0.15) is 32.0 Å². The molecule has 160 valence electrons. The summed E-state index contributed by atoms with van der Waals surface area (Å²) in [7, 11) is 1.96. The maximum Gasteiger partial charge on any atom is 0.408 e. The first-order valence-corrected chi connectivity index (χ1v) is 10.0. The van der Waals surface area contributed by atoms with E-state index in [1.54, 1.807) is 33.3 Å². The molecule has 30 heavy (non-hydrogen) atoms. The third-order valence-electron chi connectivity index (χ3n) is 4.66. The molecule has 0 saturated heterocycles. The summed E-state index contributed by atoms with van der Waals surface area (Å²) >= 11 is 0. The van der Waals surface area contributed by atoms with Gasteiger partial charge < -0.3 is 24.9 Å². The number of alkyl carbamates (subject to hydrolysis) is 1. The number of ether oxygens (including phenoxy) is 1. The highest BCUT2D eigenvalue weighted by molar-refractivity contribution is 5.88. The van der Waals surface area contributed by atoms with Gasteiger partial charge in [0.05, 0.1) is 6.33 Å². The van der Waals surface area contributed by atoms with Crippen LogP contribution in [0.3, 0.4) is 0 Å². The van der Waals surface area contributed by atoms with Crippen molar-refractivity contribution in [1.29, 1.82) is 0 Å². The van der Waals surface area contributed by atoms with E-state index in [0.29, 0.717) is 19.4 Å². The number of para-hydroxylation sites is 1. The Morgan fingerprint density at radius 3 is 2.73 bits per heavy atom. The van der Waals surface area contributed by atoms with Crippen LogP contribution in [0.4, 0.5) is 4.79 Å². The highest BCUT2D eigenvalue weighted by atomic mass is 16.6. The Hall–Kier alpha value is -3.29. The van der Waals surface area contributed by atoms with Crippen molar-refractivity contribution in [3.05, 3.63) is 54.2 Å². The van der Waals surface area contributed by atoms with Crippen LogP contribution in [0.2, 0.25) is 0 Å². The zero-order chi connectivity index (χ0) is 21.7. The van der Waals surface area contributed by atoms with E-state index >= 15 is 0 Å². The summed E-state index contributed by atoms with van der Waals surface area (Å²) in [5.41, 5.74) is 2.34. The Morgan fingerprint density at radius 1 is 1.27 bits per heavy atom. The number of fused-ring (bicyclic) bond motifs is 1. The normalized spacial score (nSPS) is 12.5. The number of aromatic nitrogens is 3. The monoisotopic (exact) mass is 411 g/mol. The van der Waals surface area contributed by atoms with Crippen molar-refractivity contribution < 1.29 is 14.3 Å². The van der Waals surface area contributed by atoms with Crippen LogP contribution < -0.4 is 10.6 Å². The summed E-state index contributed by atoms with van der Waals surface area (Å²) in [5.74, 6) is -0.256. The number of benzene rings is 1. The average molecular weight is 412 g/mol. The predicted octanol–water partition coefficient (Wildman–Crippen LogP) is 2.70. The molecule has 0 fully saturated rings. The lowest BCUT2D eigenvalue weighted by Gasteiger charge is -2.23. The van der Waals surface area contributed by atoms with Crippen molar-refractivity contribution in [3.8, 4) is 0 Å². The van der Waals surface area contributed by atoms with Crippen LogP contribution in [0.25, 0.3) is 10.9 Å². The predicted molar refractivity (Wildman–Crippen MR) is 115 cm³/mol. The fourth-order valence-corrected chi connectivity index (χ4v) is 3.33. The van der Waals surface area contributed by atoms with Gasteiger partial charge >= 0.3 is 6.09 Å². The number of aromatic amines is 1. The van der Waals surface area contributed by atoms with E-state index in [1.165, 1.54) is 0 Å². The molecule has 2 heterocycles. The molecule has 1 unspecified atom stereocenters. The summed E-state index contributed by atoms with van der Waals surface area (Å²) in [6.45, 7) is 5.80. The van der Waals surface area contributed by atoms with Crippen LogP contribution >= 0.6 is 0 Å². The van der Waals surface area contributed by atoms with Gasteiger partial charge in [-0.2, -0.15) is 0 Å². The van der Waals surface area contributed by atoms with Crippen LogP contribution in [-0.4, -0.2) is 44.7 Å². The van der Waals surface area contributed by atoms with Crippen molar-refractivity contribution in [1.82, 2.24) is 25.2 Å². The minimum atomic E-state index is -0.757. The maximum absolute atomic E-state index is 12.9. The van der Waals surface area contributed by atoms with Crippen LogP contribution in [-0.2, 0) is 29.4 Å². The second-order valence-electron chi connectivity index (χ2n) is 8.30. The first kappa shape index (κ1) is 21.4. The molecule has 0 aliphatic rings. The molecule has 1 atom stereocenters. The van der Waals surface area contributed by atoms with Crippen molar-refractivity contribution in [3.63, 3.8) is 0 Å². The molecule has 8 nitrogen and oxygen atoms in total.